The Kier molecular flexibility index (Phi) is 4.84. The van der Waals surface area contributed by atoms with Crippen molar-refractivity contribution in [2.45, 2.75) is 38.2 Å². The maximum atomic E-state index is 6.22. The average Bonchev–Trinajstić information content (AvgIpc) is 2.64. The van der Waals surface area contributed by atoms with Gasteiger partial charge in [0, 0.05) is 6.54 Å². The second-order valence-corrected chi connectivity index (χ2v) is 7.32. The summed E-state index contributed by atoms with van der Waals surface area (Å²) < 4.78 is 6.22. The monoisotopic (exact) mass is 321 g/mol. The minimum Gasteiger partial charge on any atom is -0.489 e. The van der Waals surface area contributed by atoms with Gasteiger partial charge in [0.25, 0.3) is 0 Å². The minimum absolute atomic E-state index is 0.366. The molecule has 2 heteroatoms. The molecule has 24 heavy (non-hydrogen) atoms. The van der Waals surface area contributed by atoms with Crippen LogP contribution in [0.15, 0.2) is 54.6 Å². The Bertz CT molecular complexity index is 646. The summed E-state index contributed by atoms with van der Waals surface area (Å²) in [5, 5.41) is 0. The van der Waals surface area contributed by atoms with E-state index in [0.717, 1.165) is 31.1 Å². The van der Waals surface area contributed by atoms with Crippen LogP contribution in [0.3, 0.4) is 0 Å². The van der Waals surface area contributed by atoms with Crippen molar-refractivity contribution in [2.75, 3.05) is 19.6 Å². The topological polar surface area (TPSA) is 12.5 Å². The van der Waals surface area contributed by atoms with E-state index in [1.807, 2.05) is 0 Å². The van der Waals surface area contributed by atoms with Crippen molar-refractivity contribution in [1.29, 1.82) is 0 Å². The molecule has 1 fully saturated rings. The predicted molar refractivity (Wildman–Crippen MR) is 98.5 cm³/mol. The molecule has 2 nitrogen and oxygen atoms in total. The van der Waals surface area contributed by atoms with Gasteiger partial charge in [-0.25, -0.2) is 0 Å². The zero-order valence-corrected chi connectivity index (χ0v) is 14.4. The van der Waals surface area contributed by atoms with Crippen LogP contribution in [0.25, 0.3) is 0 Å². The van der Waals surface area contributed by atoms with Crippen molar-refractivity contribution >= 4 is 0 Å². The van der Waals surface area contributed by atoms with Crippen LogP contribution in [0.1, 0.15) is 30.4 Å². The molecule has 2 aliphatic rings. The van der Waals surface area contributed by atoms with Crippen molar-refractivity contribution < 1.29 is 4.74 Å². The van der Waals surface area contributed by atoms with Crippen molar-refractivity contribution in [2.24, 2.45) is 5.92 Å². The number of rotatable bonds is 4. The number of para-hydroxylation sites is 1. The zero-order valence-electron chi connectivity index (χ0n) is 14.4. The highest BCUT2D eigenvalue weighted by atomic mass is 16.5. The summed E-state index contributed by atoms with van der Waals surface area (Å²) in [7, 11) is 0. The predicted octanol–water partition coefficient (Wildman–Crippen LogP) is 4.33. The first-order valence-electron chi connectivity index (χ1n) is 9.37. The quantitative estimate of drug-likeness (QED) is 0.831. The highest BCUT2D eigenvalue weighted by Crippen LogP contribution is 2.28. The third kappa shape index (κ3) is 3.81. The molecular weight excluding hydrogens is 294 g/mol. The van der Waals surface area contributed by atoms with Crippen molar-refractivity contribution in [3.63, 3.8) is 0 Å². The van der Waals surface area contributed by atoms with E-state index in [0.29, 0.717) is 6.10 Å². The summed E-state index contributed by atoms with van der Waals surface area (Å²) in [6.45, 7) is 3.53. The van der Waals surface area contributed by atoms with Gasteiger partial charge in [0.05, 0.1) is 0 Å². The Morgan fingerprint density at radius 1 is 0.875 bits per heavy atom. The van der Waals surface area contributed by atoms with Crippen LogP contribution in [0.2, 0.25) is 0 Å². The summed E-state index contributed by atoms with van der Waals surface area (Å²) in [5.41, 5.74) is 2.86. The Morgan fingerprint density at radius 2 is 1.62 bits per heavy atom. The number of fused-ring (bicyclic) bond motifs is 1. The second kappa shape index (κ2) is 7.40. The lowest BCUT2D eigenvalue weighted by Gasteiger charge is -2.35. The number of ether oxygens (including phenoxy) is 1. The van der Waals surface area contributed by atoms with Crippen molar-refractivity contribution in [3.05, 3.63) is 65.7 Å². The van der Waals surface area contributed by atoms with E-state index in [9.17, 15) is 0 Å². The molecule has 2 heterocycles. The molecule has 4 rings (SSSR count). The molecule has 1 saturated heterocycles. The number of benzene rings is 2. The molecule has 2 aliphatic heterocycles. The number of piperidine rings is 1. The Morgan fingerprint density at radius 3 is 2.46 bits per heavy atom. The fraction of sp³-hybridized carbons (Fsp3) is 0.455. The standard InChI is InChI=1S/C22H27NO/c1-2-6-18(7-3-1)16-19-12-14-23(15-13-19)17-21-11-10-20-8-4-5-9-22(20)24-21/h1-9,19,21H,10-17H2. The Balaban J connectivity index is 1.25. The van der Waals surface area contributed by atoms with Gasteiger partial charge in [-0.05, 0) is 68.3 Å². The average molecular weight is 321 g/mol. The summed E-state index contributed by atoms with van der Waals surface area (Å²) in [5.74, 6) is 1.95. The van der Waals surface area contributed by atoms with Crippen molar-refractivity contribution in [3.8, 4) is 5.75 Å². The molecule has 0 aliphatic carbocycles. The van der Waals surface area contributed by atoms with Gasteiger partial charge in [0.15, 0.2) is 0 Å². The molecule has 0 radical (unpaired) electrons. The van der Waals surface area contributed by atoms with Gasteiger partial charge in [0.1, 0.15) is 11.9 Å². The van der Waals surface area contributed by atoms with Crippen molar-refractivity contribution in [1.82, 2.24) is 4.90 Å². The van der Waals surface area contributed by atoms with Crippen LogP contribution in [0.5, 0.6) is 5.75 Å². The van der Waals surface area contributed by atoms with Gasteiger partial charge in [-0.1, -0.05) is 48.5 Å². The SMILES string of the molecule is c1ccc(CC2CCN(CC3CCc4ccccc4O3)CC2)cc1. The molecule has 2 aromatic carbocycles. The lowest BCUT2D eigenvalue weighted by atomic mass is 9.90. The zero-order chi connectivity index (χ0) is 16.2. The largest absolute Gasteiger partial charge is 0.489 e. The van der Waals surface area contributed by atoms with Crippen LogP contribution in [0, 0.1) is 5.92 Å². The van der Waals surface area contributed by atoms with Crippen LogP contribution >= 0.6 is 0 Å². The lowest BCUT2D eigenvalue weighted by Crippen LogP contribution is -2.42. The Labute approximate surface area is 145 Å². The highest BCUT2D eigenvalue weighted by Gasteiger charge is 2.25. The van der Waals surface area contributed by atoms with Crippen LogP contribution < -0.4 is 4.74 Å². The summed E-state index contributed by atoms with van der Waals surface area (Å²) in [6.07, 6.45) is 6.55. The molecule has 1 unspecified atom stereocenters. The molecule has 1 atom stereocenters. The number of hydrogen-bond acceptors (Lipinski definition) is 2. The molecule has 126 valence electrons. The fourth-order valence-corrected chi connectivity index (χ4v) is 4.12. The van der Waals surface area contributed by atoms with E-state index < -0.39 is 0 Å². The first kappa shape index (κ1) is 15.7. The maximum Gasteiger partial charge on any atom is 0.122 e. The number of hydrogen-bond donors (Lipinski definition) is 0. The number of nitrogens with zero attached hydrogens (tertiary/aromatic N) is 1. The second-order valence-electron chi connectivity index (χ2n) is 7.32. The van der Waals surface area contributed by atoms with Gasteiger partial charge in [-0.2, -0.15) is 0 Å². The molecule has 2 aromatic rings. The number of likely N-dealkylation sites (tertiary alicyclic amines) is 1. The number of aryl methyl sites for hydroxylation is 1. The fourth-order valence-electron chi connectivity index (χ4n) is 4.12. The van der Waals surface area contributed by atoms with E-state index in [2.05, 4.69) is 59.5 Å². The van der Waals surface area contributed by atoms with Gasteiger partial charge in [-0.15, -0.1) is 0 Å². The Hall–Kier alpha value is -1.80. The molecule has 0 aromatic heterocycles. The third-order valence-electron chi connectivity index (χ3n) is 5.54. The summed E-state index contributed by atoms with van der Waals surface area (Å²) in [6, 6.07) is 19.4. The van der Waals surface area contributed by atoms with E-state index in [-0.39, 0.29) is 0 Å². The summed E-state index contributed by atoms with van der Waals surface area (Å²) in [4.78, 5) is 2.61. The molecule has 0 amide bonds. The molecular formula is C22H27NO. The van der Waals surface area contributed by atoms with Gasteiger partial charge in [0.2, 0.25) is 0 Å². The third-order valence-corrected chi connectivity index (χ3v) is 5.54. The van der Waals surface area contributed by atoms with E-state index in [4.69, 9.17) is 4.74 Å². The van der Waals surface area contributed by atoms with Gasteiger partial charge >= 0.3 is 0 Å². The first-order chi connectivity index (χ1) is 11.9. The van der Waals surface area contributed by atoms with Gasteiger partial charge < -0.3 is 4.74 Å². The summed E-state index contributed by atoms with van der Waals surface area (Å²) >= 11 is 0. The maximum absolute atomic E-state index is 6.22. The first-order valence-corrected chi connectivity index (χ1v) is 9.37. The van der Waals surface area contributed by atoms with E-state index >= 15 is 0 Å². The van der Waals surface area contributed by atoms with Crippen LogP contribution in [-0.2, 0) is 12.8 Å². The van der Waals surface area contributed by atoms with E-state index in [1.54, 1.807) is 0 Å². The lowest BCUT2D eigenvalue weighted by molar-refractivity contribution is 0.0912. The smallest absolute Gasteiger partial charge is 0.122 e. The molecule has 0 saturated carbocycles. The molecule has 0 spiro atoms. The van der Waals surface area contributed by atoms with Crippen LogP contribution in [0.4, 0.5) is 0 Å². The van der Waals surface area contributed by atoms with Crippen LogP contribution in [-0.4, -0.2) is 30.6 Å². The highest BCUT2D eigenvalue weighted by molar-refractivity contribution is 5.35. The van der Waals surface area contributed by atoms with Gasteiger partial charge in [-0.3, -0.25) is 4.90 Å². The molecule has 0 N–H and O–H groups in total. The normalized spacial score (nSPS) is 21.9. The van der Waals surface area contributed by atoms with E-state index in [1.165, 1.54) is 43.5 Å². The molecule has 0 bridgehead atoms. The minimum atomic E-state index is 0.366.